The molecule has 5 nitrogen and oxygen atoms in total. The summed E-state index contributed by atoms with van der Waals surface area (Å²) in [7, 11) is -5.32. The molecule has 234 valence electrons. The average Bonchev–Trinajstić information content (AvgIpc) is 2.96. The van der Waals surface area contributed by atoms with Crippen LogP contribution in [0, 0.1) is 0 Å². The number of fused-ring (bicyclic) bond motifs is 2. The van der Waals surface area contributed by atoms with Gasteiger partial charge in [-0.25, -0.2) is 8.42 Å². The van der Waals surface area contributed by atoms with Crippen LogP contribution in [0.2, 0.25) is 0 Å². The van der Waals surface area contributed by atoms with Crippen LogP contribution in [0.1, 0.15) is 64.5 Å². The number of sulfone groups is 1. The number of nitrogens with zero attached hydrogens (tertiary/aromatic N) is 2. The molecular weight excluding hydrogens is 602 g/mol. The molecule has 0 bridgehead atoms. The number of hydrogen-bond donors (Lipinski definition) is 1. The Kier molecular flexibility index (Phi) is 13.0. The zero-order valence-electron chi connectivity index (χ0n) is 24.9. The van der Waals surface area contributed by atoms with E-state index in [1.807, 2.05) is 17.8 Å². The Balaban J connectivity index is 0.000000240. The zero-order valence-corrected chi connectivity index (χ0v) is 27.4. The van der Waals surface area contributed by atoms with Gasteiger partial charge in [-0.05, 0) is 81.1 Å². The van der Waals surface area contributed by atoms with E-state index in [2.05, 4.69) is 49.6 Å². The summed E-state index contributed by atoms with van der Waals surface area (Å²) in [5.41, 5.74) is -2.63. The highest BCUT2D eigenvalue weighted by Gasteiger charge is 2.48. The molecule has 2 aliphatic rings. The van der Waals surface area contributed by atoms with Gasteiger partial charge in [0.05, 0.1) is 4.90 Å². The van der Waals surface area contributed by atoms with Gasteiger partial charge < -0.3 is 10.0 Å². The smallest absolute Gasteiger partial charge is 0.501 e. The molecule has 0 spiro atoms. The largest absolute Gasteiger partial charge is 0.507 e. The van der Waals surface area contributed by atoms with Crippen LogP contribution in [0.5, 0.6) is 5.75 Å². The van der Waals surface area contributed by atoms with Crippen molar-refractivity contribution in [3.63, 3.8) is 0 Å². The summed E-state index contributed by atoms with van der Waals surface area (Å²) in [6.45, 7) is 12.5. The molecule has 0 saturated carbocycles. The third kappa shape index (κ3) is 8.42. The molecule has 2 aromatic carbocycles. The molecule has 1 unspecified atom stereocenters. The molecule has 2 aromatic rings. The summed E-state index contributed by atoms with van der Waals surface area (Å²) in [5.74, 6) is 2.17. The van der Waals surface area contributed by atoms with E-state index in [0.29, 0.717) is 22.6 Å². The van der Waals surface area contributed by atoms with Crippen molar-refractivity contribution in [1.29, 1.82) is 0 Å². The fraction of sp³-hybridized carbons (Fsp3) is 0.548. The molecular formula is C31H43F3N2O3S3. The van der Waals surface area contributed by atoms with Gasteiger partial charge in [-0.3, -0.25) is 4.90 Å². The Morgan fingerprint density at radius 1 is 0.881 bits per heavy atom. The topological polar surface area (TPSA) is 60.9 Å². The summed E-state index contributed by atoms with van der Waals surface area (Å²) in [4.78, 5) is 5.95. The van der Waals surface area contributed by atoms with Crippen molar-refractivity contribution in [3.8, 4) is 5.75 Å². The van der Waals surface area contributed by atoms with Crippen LogP contribution in [0.4, 0.5) is 13.2 Å². The molecule has 42 heavy (non-hydrogen) atoms. The third-order valence-electron chi connectivity index (χ3n) is 7.22. The van der Waals surface area contributed by atoms with Gasteiger partial charge in [0.2, 0.25) is 0 Å². The van der Waals surface area contributed by atoms with Crippen molar-refractivity contribution in [2.75, 3.05) is 37.7 Å². The lowest BCUT2D eigenvalue weighted by atomic mass is 10.0. The van der Waals surface area contributed by atoms with Gasteiger partial charge in [-0.15, -0.1) is 23.5 Å². The first kappa shape index (κ1) is 34.7. The summed E-state index contributed by atoms with van der Waals surface area (Å²) in [5, 5.41) is 9.94. The highest BCUT2D eigenvalue weighted by Crippen LogP contribution is 2.40. The molecule has 2 heterocycles. The van der Waals surface area contributed by atoms with Crippen LogP contribution in [-0.2, 0) is 16.3 Å². The Bertz CT molecular complexity index is 1300. The predicted octanol–water partition coefficient (Wildman–Crippen LogP) is 8.08. The normalized spacial score (nSPS) is 16.7. The van der Waals surface area contributed by atoms with E-state index in [4.69, 9.17) is 0 Å². The van der Waals surface area contributed by atoms with Crippen molar-refractivity contribution < 1.29 is 26.7 Å². The van der Waals surface area contributed by atoms with Gasteiger partial charge in [0.25, 0.3) is 9.84 Å². The molecule has 0 aromatic heterocycles. The fourth-order valence-electron chi connectivity index (χ4n) is 5.31. The quantitative estimate of drug-likeness (QED) is 0.265. The Hall–Kier alpha value is -1.82. The molecule has 2 aliphatic heterocycles. The van der Waals surface area contributed by atoms with Crippen molar-refractivity contribution in [3.05, 3.63) is 53.2 Å². The van der Waals surface area contributed by atoms with Gasteiger partial charge in [0, 0.05) is 51.7 Å². The van der Waals surface area contributed by atoms with Crippen LogP contribution in [-0.4, -0.2) is 72.6 Å². The highest BCUT2D eigenvalue weighted by molar-refractivity contribution is 7.99. The second-order valence-corrected chi connectivity index (χ2v) is 14.5. The molecule has 4 rings (SSSR count). The van der Waals surface area contributed by atoms with E-state index < -0.39 is 20.2 Å². The number of alkyl halides is 3. The fourth-order valence-corrected chi connectivity index (χ4v) is 8.70. The maximum absolute atomic E-state index is 13.0. The number of benzene rings is 2. The lowest BCUT2D eigenvalue weighted by Crippen LogP contribution is -2.41. The number of phenols is 1. The third-order valence-corrected chi connectivity index (χ3v) is 11.1. The summed E-state index contributed by atoms with van der Waals surface area (Å²) >= 11 is 3.27. The summed E-state index contributed by atoms with van der Waals surface area (Å²) in [6.07, 6.45) is 6.73. The molecule has 0 aliphatic carbocycles. The van der Waals surface area contributed by atoms with Crippen molar-refractivity contribution >= 4 is 39.4 Å². The van der Waals surface area contributed by atoms with Crippen molar-refractivity contribution in [2.45, 2.75) is 86.0 Å². The van der Waals surface area contributed by atoms with E-state index in [9.17, 15) is 26.7 Å². The lowest BCUT2D eigenvalue weighted by molar-refractivity contribution is -0.0436. The standard InChI is InChI=1S/C16H22F3NO2S2.C15H21NOS/c1-3-8-20(9-4-2)12-10-13-14(23-11-12)6-5-7-15(13)24(21,22)16(17,18)19;1-3-8-16(9-4-2)12-10-13-14(17)6-5-7-15(13)18-11-12/h5-7,12H,3-4,8-11H2,1-2H3;5-7,10,17H,3-4,8-9,11H2,1-2H3. The predicted molar refractivity (Wildman–Crippen MR) is 169 cm³/mol. The second kappa shape index (κ2) is 15.8. The highest BCUT2D eigenvalue weighted by atomic mass is 32.2. The van der Waals surface area contributed by atoms with Crippen LogP contribution >= 0.6 is 23.5 Å². The van der Waals surface area contributed by atoms with Gasteiger partial charge in [0.15, 0.2) is 0 Å². The molecule has 0 fully saturated rings. The van der Waals surface area contributed by atoms with E-state index >= 15 is 0 Å². The number of phenolic OH excluding ortho intramolecular Hbond substituents is 1. The van der Waals surface area contributed by atoms with E-state index in [1.165, 1.54) is 28.4 Å². The van der Waals surface area contributed by atoms with Crippen molar-refractivity contribution in [2.24, 2.45) is 0 Å². The van der Waals surface area contributed by atoms with Crippen LogP contribution in [0.25, 0.3) is 6.08 Å². The maximum Gasteiger partial charge on any atom is 0.501 e. The summed E-state index contributed by atoms with van der Waals surface area (Å²) in [6, 6.07) is 9.99. The van der Waals surface area contributed by atoms with Gasteiger partial charge in [0.1, 0.15) is 5.75 Å². The first-order valence-corrected chi connectivity index (χ1v) is 18.1. The molecule has 1 atom stereocenters. The minimum absolute atomic E-state index is 0.0620. The monoisotopic (exact) mass is 644 g/mol. The summed E-state index contributed by atoms with van der Waals surface area (Å²) < 4.78 is 62.8. The zero-order chi connectivity index (χ0) is 30.9. The van der Waals surface area contributed by atoms with E-state index in [1.54, 1.807) is 12.1 Å². The Morgan fingerprint density at radius 2 is 1.48 bits per heavy atom. The number of thioether (sulfide) groups is 2. The number of rotatable bonds is 11. The SMILES string of the molecule is CCCN(CCC)C1=Cc2c(O)cccc2SC1.CCCN(CCC)C1CSc2cccc(S(=O)(=O)C(F)(F)F)c2C1. The maximum atomic E-state index is 13.0. The van der Waals surface area contributed by atoms with E-state index in [0.717, 1.165) is 75.0 Å². The lowest BCUT2D eigenvalue weighted by Gasteiger charge is -2.35. The molecule has 11 heteroatoms. The first-order chi connectivity index (χ1) is 20.0. The van der Waals surface area contributed by atoms with Crippen molar-refractivity contribution in [1.82, 2.24) is 9.80 Å². The number of hydrogen-bond acceptors (Lipinski definition) is 7. The van der Waals surface area contributed by atoms with Gasteiger partial charge in [-0.2, -0.15) is 13.2 Å². The van der Waals surface area contributed by atoms with Crippen LogP contribution in [0.3, 0.4) is 0 Å². The number of halogens is 3. The molecule has 0 amide bonds. The molecule has 1 N–H and O–H groups in total. The average molecular weight is 645 g/mol. The van der Waals surface area contributed by atoms with Crippen LogP contribution in [0.15, 0.2) is 56.8 Å². The van der Waals surface area contributed by atoms with Crippen LogP contribution < -0.4 is 0 Å². The first-order valence-electron chi connectivity index (χ1n) is 14.7. The molecule has 0 radical (unpaired) electrons. The minimum Gasteiger partial charge on any atom is -0.507 e. The number of aromatic hydroxyl groups is 1. The Morgan fingerprint density at radius 3 is 2.07 bits per heavy atom. The minimum atomic E-state index is -5.32. The Labute approximate surface area is 257 Å². The van der Waals surface area contributed by atoms with E-state index in [-0.39, 0.29) is 6.04 Å². The van der Waals surface area contributed by atoms with Gasteiger partial charge in [-0.1, -0.05) is 39.8 Å². The molecule has 0 saturated heterocycles. The second-order valence-electron chi connectivity index (χ2n) is 10.5. The van der Waals surface area contributed by atoms with Gasteiger partial charge >= 0.3 is 5.51 Å².